The molecule has 0 aliphatic heterocycles. The molecule has 0 saturated carbocycles. The number of rotatable bonds is 4. The summed E-state index contributed by atoms with van der Waals surface area (Å²) >= 11 is 6.99. The molecule has 5 nitrogen and oxygen atoms in total. The van der Waals surface area contributed by atoms with Gasteiger partial charge in [0.15, 0.2) is 6.29 Å². The maximum Gasteiger partial charge on any atom is 0.264 e. The molecule has 0 radical (unpaired) electrons. The lowest BCUT2D eigenvalue weighted by atomic mass is 10.2. The summed E-state index contributed by atoms with van der Waals surface area (Å²) < 4.78 is 1.55. The third kappa shape index (κ3) is 2.26. The number of hydrogen-bond donors (Lipinski definition) is 0. The number of alkyl halides is 1. The van der Waals surface area contributed by atoms with E-state index in [2.05, 4.69) is 4.98 Å². The molecule has 102 valence electrons. The summed E-state index contributed by atoms with van der Waals surface area (Å²) in [7, 11) is 3.64. The molecule has 0 unspecified atom stereocenters. The van der Waals surface area contributed by atoms with E-state index in [9.17, 15) is 9.59 Å². The lowest BCUT2D eigenvalue weighted by Crippen LogP contribution is -2.28. The number of hydrogen-bond acceptors (Lipinski definition) is 5. The maximum atomic E-state index is 12.5. The van der Waals surface area contributed by atoms with Crippen LogP contribution in [0.4, 0.5) is 5.95 Å². The molecule has 0 aliphatic carbocycles. The molecule has 19 heavy (non-hydrogen) atoms. The predicted molar refractivity (Wildman–Crippen MR) is 79.1 cm³/mol. The van der Waals surface area contributed by atoms with Crippen molar-refractivity contribution < 1.29 is 4.79 Å². The first-order valence-electron chi connectivity index (χ1n) is 5.73. The molecule has 0 fully saturated rings. The summed E-state index contributed by atoms with van der Waals surface area (Å²) in [6, 6.07) is 0. The highest BCUT2D eigenvalue weighted by molar-refractivity contribution is 7.20. The number of aryl methyl sites for hydroxylation is 1. The fourth-order valence-corrected chi connectivity index (χ4v) is 3.11. The Morgan fingerprint density at radius 2 is 2.16 bits per heavy atom. The molecule has 0 N–H and O–H groups in total. The van der Waals surface area contributed by atoms with Crippen molar-refractivity contribution in [3.8, 4) is 0 Å². The minimum absolute atomic E-state index is 0.142. The summed E-state index contributed by atoms with van der Waals surface area (Å²) in [6.07, 6.45) is 0.766. The first kappa shape index (κ1) is 14.0. The van der Waals surface area contributed by atoms with Crippen LogP contribution in [-0.4, -0.2) is 35.8 Å². The van der Waals surface area contributed by atoms with Crippen molar-refractivity contribution >= 4 is 45.4 Å². The van der Waals surface area contributed by atoms with E-state index >= 15 is 0 Å². The van der Waals surface area contributed by atoms with Gasteiger partial charge in [-0.2, -0.15) is 0 Å². The highest BCUT2D eigenvalue weighted by Gasteiger charge is 2.18. The summed E-state index contributed by atoms with van der Waals surface area (Å²) in [5.74, 6) is 0.884. The fraction of sp³-hybridized carbons (Fsp3) is 0.417. The third-order valence-corrected chi connectivity index (χ3v) is 4.16. The van der Waals surface area contributed by atoms with Gasteiger partial charge in [-0.3, -0.25) is 14.2 Å². The molecule has 0 saturated heterocycles. The Morgan fingerprint density at radius 1 is 1.47 bits per heavy atom. The topological polar surface area (TPSA) is 55.2 Å². The van der Waals surface area contributed by atoms with E-state index in [1.807, 2.05) is 14.1 Å². The van der Waals surface area contributed by atoms with Crippen LogP contribution in [0.1, 0.15) is 15.2 Å². The van der Waals surface area contributed by atoms with Crippen LogP contribution in [0, 0.1) is 6.92 Å². The van der Waals surface area contributed by atoms with Crippen molar-refractivity contribution in [3.05, 3.63) is 20.8 Å². The number of carbonyl (C=O) groups is 1. The molecular weight excluding hydrogens is 286 g/mol. The molecule has 0 amide bonds. The maximum absolute atomic E-state index is 12.5. The zero-order chi connectivity index (χ0) is 14.2. The summed E-state index contributed by atoms with van der Waals surface area (Å²) in [4.78, 5) is 30.9. The molecular formula is C12H14ClN3O2S. The third-order valence-electron chi connectivity index (χ3n) is 2.88. The monoisotopic (exact) mass is 299 g/mol. The van der Waals surface area contributed by atoms with Crippen LogP contribution in [0.5, 0.6) is 0 Å². The van der Waals surface area contributed by atoms with Crippen molar-refractivity contribution in [2.45, 2.75) is 13.5 Å². The van der Waals surface area contributed by atoms with Crippen LogP contribution in [0.3, 0.4) is 0 Å². The zero-order valence-electron chi connectivity index (χ0n) is 10.9. The van der Waals surface area contributed by atoms with Crippen molar-refractivity contribution in [2.75, 3.05) is 24.9 Å². The first-order chi connectivity index (χ1) is 9.01. The molecule has 2 aromatic heterocycles. The fourth-order valence-electron chi connectivity index (χ4n) is 1.96. The highest BCUT2D eigenvalue weighted by atomic mass is 35.5. The van der Waals surface area contributed by atoms with Crippen LogP contribution < -0.4 is 10.5 Å². The Kier molecular flexibility index (Phi) is 3.91. The second kappa shape index (κ2) is 5.30. The minimum Gasteiger partial charge on any atom is -0.348 e. The molecule has 0 aromatic carbocycles. The number of nitrogens with zero attached hydrogens (tertiary/aromatic N) is 3. The molecule has 0 aliphatic rings. The normalized spacial score (nSPS) is 10.9. The smallest absolute Gasteiger partial charge is 0.264 e. The van der Waals surface area contributed by atoms with Gasteiger partial charge in [0.25, 0.3) is 5.56 Å². The lowest BCUT2D eigenvalue weighted by molar-refractivity contribution is 0.112. The van der Waals surface area contributed by atoms with Gasteiger partial charge in [-0.1, -0.05) is 0 Å². The molecule has 0 atom stereocenters. The van der Waals surface area contributed by atoms with Crippen molar-refractivity contribution in [2.24, 2.45) is 0 Å². The largest absolute Gasteiger partial charge is 0.348 e. The van der Waals surface area contributed by atoms with Gasteiger partial charge in [0.2, 0.25) is 5.95 Å². The number of anilines is 1. The van der Waals surface area contributed by atoms with E-state index in [1.54, 1.807) is 16.4 Å². The second-order valence-corrected chi connectivity index (χ2v) is 5.75. The Bertz CT molecular complexity index is 690. The number of halogens is 1. The van der Waals surface area contributed by atoms with Gasteiger partial charge in [-0.15, -0.1) is 22.9 Å². The van der Waals surface area contributed by atoms with Gasteiger partial charge in [-0.05, 0) is 12.5 Å². The summed E-state index contributed by atoms with van der Waals surface area (Å²) in [6.45, 7) is 2.16. The highest BCUT2D eigenvalue weighted by Crippen LogP contribution is 2.27. The molecule has 2 aromatic rings. The predicted octanol–water partition coefficient (Wildman–Crippen LogP) is 1.88. The van der Waals surface area contributed by atoms with Crippen molar-refractivity contribution in [1.82, 2.24) is 9.55 Å². The standard InChI is InChI=1S/C12H14ClN3O2S/c1-7-8(6-17)19-10-9(7)11(18)16(5-4-13)12(14-10)15(2)3/h6H,4-5H2,1-3H3. The average molecular weight is 300 g/mol. The Hall–Kier alpha value is -1.40. The SMILES string of the molecule is Cc1c(C=O)sc2nc(N(C)C)n(CCCl)c(=O)c12. The lowest BCUT2D eigenvalue weighted by Gasteiger charge is -2.17. The number of fused-ring (bicyclic) bond motifs is 1. The van der Waals surface area contributed by atoms with E-state index < -0.39 is 0 Å². The van der Waals surface area contributed by atoms with Gasteiger partial charge in [0, 0.05) is 26.5 Å². The summed E-state index contributed by atoms with van der Waals surface area (Å²) in [5, 5.41) is 0.516. The Morgan fingerprint density at radius 3 is 2.68 bits per heavy atom. The van der Waals surface area contributed by atoms with Gasteiger partial charge in [0.05, 0.1) is 10.3 Å². The van der Waals surface area contributed by atoms with Crippen LogP contribution in [0.25, 0.3) is 10.2 Å². The van der Waals surface area contributed by atoms with Crippen LogP contribution in [0.2, 0.25) is 0 Å². The quantitative estimate of drug-likeness (QED) is 0.639. The molecule has 0 bridgehead atoms. The first-order valence-corrected chi connectivity index (χ1v) is 7.08. The Balaban J connectivity index is 2.87. The van der Waals surface area contributed by atoms with Gasteiger partial charge in [0.1, 0.15) is 4.83 Å². The van der Waals surface area contributed by atoms with E-state index in [0.29, 0.717) is 39.0 Å². The molecule has 2 heterocycles. The number of carbonyl (C=O) groups excluding carboxylic acids is 1. The number of aromatic nitrogens is 2. The Labute approximate surface area is 119 Å². The van der Waals surface area contributed by atoms with Crippen molar-refractivity contribution in [1.29, 1.82) is 0 Å². The second-order valence-electron chi connectivity index (χ2n) is 4.34. The van der Waals surface area contributed by atoms with Gasteiger partial charge < -0.3 is 4.90 Å². The average Bonchev–Trinajstić information content (AvgIpc) is 2.69. The molecule has 0 spiro atoms. The van der Waals surface area contributed by atoms with Gasteiger partial charge in [-0.25, -0.2) is 4.98 Å². The number of thiophene rings is 1. The van der Waals surface area contributed by atoms with Crippen LogP contribution in [0.15, 0.2) is 4.79 Å². The van der Waals surface area contributed by atoms with E-state index in [1.165, 1.54) is 11.3 Å². The van der Waals surface area contributed by atoms with Gasteiger partial charge >= 0.3 is 0 Å². The van der Waals surface area contributed by atoms with E-state index in [4.69, 9.17) is 11.6 Å². The zero-order valence-corrected chi connectivity index (χ0v) is 12.5. The van der Waals surface area contributed by atoms with Crippen molar-refractivity contribution in [3.63, 3.8) is 0 Å². The minimum atomic E-state index is -0.142. The summed E-state index contributed by atoms with van der Waals surface area (Å²) in [5.41, 5.74) is 0.553. The number of aldehydes is 1. The van der Waals surface area contributed by atoms with Crippen LogP contribution >= 0.6 is 22.9 Å². The van der Waals surface area contributed by atoms with E-state index in [0.717, 1.165) is 6.29 Å². The van der Waals surface area contributed by atoms with Crippen LogP contribution in [-0.2, 0) is 6.54 Å². The molecule has 2 rings (SSSR count). The van der Waals surface area contributed by atoms with E-state index in [-0.39, 0.29) is 5.56 Å². The molecule has 7 heteroatoms.